The minimum absolute atomic E-state index is 0.737. The van der Waals surface area contributed by atoms with Gasteiger partial charge in [0.25, 0.3) is 0 Å². The maximum absolute atomic E-state index is 9.65. The predicted octanol–water partition coefficient (Wildman–Crippen LogP) is 4.06. The lowest BCUT2D eigenvalue weighted by atomic mass is 9.94. The largest absolute Gasteiger partial charge is 0.376 e. The molecule has 1 aromatic carbocycles. The van der Waals surface area contributed by atoms with Gasteiger partial charge in [-0.2, -0.15) is 5.26 Å². The van der Waals surface area contributed by atoms with Gasteiger partial charge in [-0.05, 0) is 42.0 Å². The Bertz CT molecular complexity index is 610. The molecule has 2 atom stereocenters. The lowest BCUT2D eigenvalue weighted by Gasteiger charge is -2.24. The number of hydrogen-bond donors (Lipinski definition) is 1. The van der Waals surface area contributed by atoms with Crippen LogP contribution in [0.1, 0.15) is 18.1 Å². The van der Waals surface area contributed by atoms with E-state index in [0.717, 1.165) is 11.1 Å². The zero-order chi connectivity index (χ0) is 14.0. The van der Waals surface area contributed by atoms with E-state index in [2.05, 4.69) is 18.4 Å². The Labute approximate surface area is 121 Å². The number of aliphatic hydroxyl groups is 1. The van der Waals surface area contributed by atoms with Crippen molar-refractivity contribution in [1.82, 2.24) is 0 Å². The number of alkyl halides is 1. The quantitative estimate of drug-likeness (QED) is 0.684. The van der Waals surface area contributed by atoms with Gasteiger partial charge in [0.05, 0.1) is 6.07 Å². The molecule has 0 aliphatic rings. The first-order valence-electron chi connectivity index (χ1n) is 5.88. The number of hydrogen-bond acceptors (Lipinski definition) is 3. The highest BCUT2D eigenvalue weighted by Gasteiger charge is 2.32. The first-order chi connectivity index (χ1) is 8.96. The van der Waals surface area contributed by atoms with E-state index in [9.17, 15) is 5.11 Å². The van der Waals surface area contributed by atoms with Crippen LogP contribution >= 0.6 is 22.9 Å². The highest BCUT2D eigenvalue weighted by Crippen LogP contribution is 2.35. The minimum Gasteiger partial charge on any atom is -0.376 e. The number of aliphatic hydroxyl groups excluding tert-OH is 1. The Morgan fingerprint density at radius 1 is 1.32 bits per heavy atom. The summed E-state index contributed by atoms with van der Waals surface area (Å²) in [5.74, 6) is 0. The van der Waals surface area contributed by atoms with Gasteiger partial charge < -0.3 is 5.11 Å². The van der Waals surface area contributed by atoms with Crippen LogP contribution in [0.5, 0.6) is 0 Å². The van der Waals surface area contributed by atoms with E-state index in [-0.39, 0.29) is 0 Å². The van der Waals surface area contributed by atoms with Crippen LogP contribution in [-0.2, 0) is 4.87 Å². The van der Waals surface area contributed by atoms with Gasteiger partial charge >= 0.3 is 0 Å². The lowest BCUT2D eigenvalue weighted by molar-refractivity contribution is 0.185. The number of nitrogens with zero attached hydrogens (tertiary/aromatic N) is 1. The molecule has 19 heavy (non-hydrogen) atoms. The monoisotopic (exact) mass is 291 g/mol. The van der Waals surface area contributed by atoms with Gasteiger partial charge in [0.1, 0.15) is 4.87 Å². The van der Waals surface area contributed by atoms with Crippen LogP contribution < -0.4 is 0 Å². The second-order valence-electron chi connectivity index (χ2n) is 4.62. The van der Waals surface area contributed by atoms with E-state index < -0.39 is 11.0 Å². The molecule has 1 aromatic heterocycles. The molecule has 0 spiro atoms. The van der Waals surface area contributed by atoms with Gasteiger partial charge in [-0.1, -0.05) is 24.3 Å². The minimum atomic E-state index is -1.23. The molecule has 0 amide bonds. The molecular formula is C15H14ClNOS. The van der Waals surface area contributed by atoms with E-state index in [1.165, 1.54) is 10.4 Å². The first-order valence-corrected chi connectivity index (χ1v) is 7.14. The maximum atomic E-state index is 9.65. The Balaban J connectivity index is 2.35. The van der Waals surface area contributed by atoms with Crippen molar-refractivity contribution in [2.45, 2.75) is 24.8 Å². The molecule has 0 aliphatic heterocycles. The second kappa shape index (κ2) is 5.34. The van der Waals surface area contributed by atoms with Crippen molar-refractivity contribution in [1.29, 1.82) is 5.26 Å². The molecule has 0 aliphatic carbocycles. The van der Waals surface area contributed by atoms with Crippen LogP contribution in [0.4, 0.5) is 0 Å². The molecule has 0 radical (unpaired) electrons. The van der Waals surface area contributed by atoms with Crippen molar-refractivity contribution in [2.24, 2.45) is 0 Å². The third-order valence-electron chi connectivity index (χ3n) is 3.21. The Morgan fingerprint density at radius 2 is 1.95 bits per heavy atom. The zero-order valence-electron chi connectivity index (χ0n) is 10.7. The fourth-order valence-electron chi connectivity index (χ4n) is 1.90. The summed E-state index contributed by atoms with van der Waals surface area (Å²) in [5, 5.41) is 20.5. The van der Waals surface area contributed by atoms with Crippen LogP contribution in [0, 0.1) is 18.3 Å². The third kappa shape index (κ3) is 2.66. The van der Waals surface area contributed by atoms with E-state index in [4.69, 9.17) is 16.9 Å². The summed E-state index contributed by atoms with van der Waals surface area (Å²) in [5.41, 5.74) is 3.10. The van der Waals surface area contributed by atoms with Crippen LogP contribution in [0.25, 0.3) is 10.4 Å². The average Bonchev–Trinajstić information content (AvgIpc) is 2.84. The molecule has 0 saturated carbocycles. The van der Waals surface area contributed by atoms with Gasteiger partial charge in [-0.15, -0.1) is 22.9 Å². The van der Waals surface area contributed by atoms with Crippen LogP contribution in [0.2, 0.25) is 0 Å². The molecule has 2 aromatic rings. The Kier molecular flexibility index (Phi) is 3.96. The molecule has 2 unspecified atom stereocenters. The standard InChI is InChI=1S/C15H14ClNOS/c1-10-7-8-19-14(10)11-3-5-12(6-4-11)15(2,16)13(18)9-17/h3-8,13,18H,1-2H3. The molecule has 1 heterocycles. The van der Waals surface area contributed by atoms with Crippen molar-refractivity contribution in [3.63, 3.8) is 0 Å². The molecular weight excluding hydrogens is 278 g/mol. The molecule has 2 nitrogen and oxygen atoms in total. The SMILES string of the molecule is Cc1ccsc1-c1ccc(C(C)(Cl)C(O)C#N)cc1. The summed E-state index contributed by atoms with van der Waals surface area (Å²) >= 11 is 7.94. The Hall–Kier alpha value is -1.34. The van der Waals surface area contributed by atoms with Crippen molar-refractivity contribution < 1.29 is 5.11 Å². The molecule has 4 heteroatoms. The van der Waals surface area contributed by atoms with E-state index in [1.807, 2.05) is 24.3 Å². The zero-order valence-corrected chi connectivity index (χ0v) is 12.3. The van der Waals surface area contributed by atoms with Gasteiger partial charge in [0, 0.05) is 4.88 Å². The predicted molar refractivity (Wildman–Crippen MR) is 79.3 cm³/mol. The molecule has 2 rings (SSSR count). The summed E-state index contributed by atoms with van der Waals surface area (Å²) in [4.78, 5) is 0.140. The third-order valence-corrected chi connectivity index (χ3v) is 4.70. The maximum Gasteiger partial charge on any atom is 0.163 e. The fraction of sp³-hybridized carbons (Fsp3) is 0.267. The van der Waals surface area contributed by atoms with E-state index >= 15 is 0 Å². The fourth-order valence-corrected chi connectivity index (χ4v) is 3.00. The molecule has 0 bridgehead atoms. The van der Waals surface area contributed by atoms with Crippen LogP contribution in [0.3, 0.4) is 0 Å². The summed E-state index contributed by atoms with van der Waals surface area (Å²) in [6.07, 6.45) is -1.23. The molecule has 0 saturated heterocycles. The van der Waals surface area contributed by atoms with Crippen molar-refractivity contribution in [3.8, 4) is 16.5 Å². The highest BCUT2D eigenvalue weighted by atomic mass is 35.5. The number of nitriles is 1. The van der Waals surface area contributed by atoms with E-state index in [1.54, 1.807) is 24.3 Å². The number of benzene rings is 1. The molecule has 1 N–H and O–H groups in total. The first kappa shape index (κ1) is 14.1. The lowest BCUT2D eigenvalue weighted by Crippen LogP contribution is -2.29. The van der Waals surface area contributed by atoms with Gasteiger partial charge in [-0.3, -0.25) is 0 Å². The number of halogens is 1. The van der Waals surface area contributed by atoms with Gasteiger partial charge in [0.2, 0.25) is 0 Å². The second-order valence-corrected chi connectivity index (χ2v) is 6.32. The molecule has 0 fully saturated rings. The Morgan fingerprint density at radius 3 is 2.42 bits per heavy atom. The summed E-state index contributed by atoms with van der Waals surface area (Å²) in [6, 6.07) is 11.5. The topological polar surface area (TPSA) is 44.0 Å². The van der Waals surface area contributed by atoms with Crippen molar-refractivity contribution in [2.75, 3.05) is 0 Å². The summed E-state index contributed by atoms with van der Waals surface area (Å²) in [7, 11) is 0. The smallest absolute Gasteiger partial charge is 0.163 e. The van der Waals surface area contributed by atoms with Crippen LogP contribution in [-0.4, -0.2) is 11.2 Å². The number of thiophene rings is 1. The summed E-state index contributed by atoms with van der Waals surface area (Å²) < 4.78 is 0. The van der Waals surface area contributed by atoms with Gasteiger partial charge in [-0.25, -0.2) is 0 Å². The van der Waals surface area contributed by atoms with Crippen molar-refractivity contribution in [3.05, 3.63) is 46.8 Å². The number of rotatable bonds is 3. The normalized spacial score (nSPS) is 15.5. The van der Waals surface area contributed by atoms with Crippen LogP contribution in [0.15, 0.2) is 35.7 Å². The van der Waals surface area contributed by atoms with E-state index in [0.29, 0.717) is 0 Å². The molecule has 98 valence electrons. The van der Waals surface area contributed by atoms with Crippen molar-refractivity contribution >= 4 is 22.9 Å². The van der Waals surface area contributed by atoms with Gasteiger partial charge in [0.15, 0.2) is 6.10 Å². The number of aryl methyl sites for hydroxylation is 1. The summed E-state index contributed by atoms with van der Waals surface area (Å²) in [6.45, 7) is 3.72. The highest BCUT2D eigenvalue weighted by molar-refractivity contribution is 7.13. The average molecular weight is 292 g/mol.